The van der Waals surface area contributed by atoms with Crippen LogP contribution in [0.1, 0.15) is 54.4 Å². The van der Waals surface area contributed by atoms with Crippen molar-refractivity contribution >= 4 is 11.9 Å². The number of nitrogens with zero attached hydrogens (tertiary/aromatic N) is 3. The Balaban J connectivity index is 2.63. The summed E-state index contributed by atoms with van der Waals surface area (Å²) in [5.41, 5.74) is 0. The van der Waals surface area contributed by atoms with Crippen molar-refractivity contribution in [3.8, 4) is 0 Å². The lowest BCUT2D eigenvalue weighted by atomic mass is 10.0. The molecule has 6 heteroatoms. The lowest BCUT2D eigenvalue weighted by Gasteiger charge is -2.42. The molecule has 1 saturated heterocycles. The van der Waals surface area contributed by atoms with Crippen molar-refractivity contribution in [3.05, 3.63) is 0 Å². The minimum absolute atomic E-state index is 0.101. The van der Waals surface area contributed by atoms with Gasteiger partial charge in [-0.1, -0.05) is 6.92 Å². The minimum atomic E-state index is -0.771. The van der Waals surface area contributed by atoms with Gasteiger partial charge in [0.25, 0.3) is 0 Å². The third kappa shape index (κ3) is 5.45. The number of carboxylic acid groups (broad SMARTS) is 1. The molecule has 0 bridgehead atoms. The van der Waals surface area contributed by atoms with E-state index in [9.17, 15) is 9.59 Å². The molecular formula is C18H35N3O3. The van der Waals surface area contributed by atoms with Gasteiger partial charge in [-0.05, 0) is 54.0 Å². The normalized spacial score (nSPS) is 18.4. The third-order valence-corrected chi connectivity index (χ3v) is 5.03. The molecule has 1 aliphatic heterocycles. The number of amides is 1. The Hall–Kier alpha value is -1.14. The molecule has 0 aromatic carbocycles. The largest absolute Gasteiger partial charge is 0.480 e. The van der Waals surface area contributed by atoms with Gasteiger partial charge in [0.15, 0.2) is 0 Å². The maximum Gasteiger partial charge on any atom is 0.317 e. The second-order valence-electron chi connectivity index (χ2n) is 7.33. The van der Waals surface area contributed by atoms with Gasteiger partial charge in [0.05, 0.1) is 12.6 Å². The number of carbonyl (C=O) groups excluding carboxylic acids is 1. The molecule has 6 nitrogen and oxygen atoms in total. The van der Waals surface area contributed by atoms with Gasteiger partial charge in [-0.2, -0.15) is 0 Å². The smallest absolute Gasteiger partial charge is 0.317 e. The summed E-state index contributed by atoms with van der Waals surface area (Å²) in [6.45, 7) is 14.8. The number of hydrogen-bond acceptors (Lipinski definition) is 4. The van der Waals surface area contributed by atoms with Crippen LogP contribution in [0.2, 0.25) is 0 Å². The number of likely N-dealkylation sites (N-methyl/N-ethyl adjacent to an activating group) is 1. The fourth-order valence-corrected chi connectivity index (χ4v) is 3.79. The van der Waals surface area contributed by atoms with Gasteiger partial charge in [0, 0.05) is 31.2 Å². The molecular weight excluding hydrogens is 306 g/mol. The maximum atomic E-state index is 12.8. The highest BCUT2D eigenvalue weighted by molar-refractivity contribution is 5.82. The molecule has 1 N–H and O–H groups in total. The van der Waals surface area contributed by atoms with Gasteiger partial charge >= 0.3 is 5.97 Å². The van der Waals surface area contributed by atoms with Crippen LogP contribution in [-0.2, 0) is 9.59 Å². The molecule has 1 heterocycles. The van der Waals surface area contributed by atoms with Crippen LogP contribution < -0.4 is 0 Å². The molecule has 140 valence electrons. The van der Waals surface area contributed by atoms with Gasteiger partial charge in [-0.3, -0.25) is 19.4 Å². The number of carbonyl (C=O) groups is 2. The molecule has 0 saturated carbocycles. The number of rotatable bonds is 8. The lowest BCUT2D eigenvalue weighted by Crippen LogP contribution is -2.55. The first-order valence-corrected chi connectivity index (χ1v) is 9.21. The molecule has 1 fully saturated rings. The standard InChI is InChI=1S/C18H35N3O3/c1-7-19(12-17(22)23)16-8-10-20(11-9-16)15(6)18(24)21(13(2)3)14(4)5/h13-16H,7-12H2,1-6H3,(H,22,23). The Morgan fingerprint density at radius 2 is 1.58 bits per heavy atom. The predicted octanol–water partition coefficient (Wildman–Crippen LogP) is 1.89. The topological polar surface area (TPSA) is 64.1 Å². The van der Waals surface area contributed by atoms with E-state index in [0.29, 0.717) is 6.04 Å². The van der Waals surface area contributed by atoms with E-state index in [-0.39, 0.29) is 30.6 Å². The monoisotopic (exact) mass is 341 g/mol. The van der Waals surface area contributed by atoms with Crippen LogP contribution in [0.5, 0.6) is 0 Å². The van der Waals surface area contributed by atoms with E-state index in [2.05, 4.69) is 32.6 Å². The van der Waals surface area contributed by atoms with E-state index >= 15 is 0 Å². The van der Waals surface area contributed by atoms with Crippen molar-refractivity contribution in [1.82, 2.24) is 14.7 Å². The molecule has 0 aromatic rings. The van der Waals surface area contributed by atoms with Crippen LogP contribution in [-0.4, -0.2) is 82.0 Å². The molecule has 1 unspecified atom stereocenters. The summed E-state index contributed by atoms with van der Waals surface area (Å²) >= 11 is 0. The highest BCUT2D eigenvalue weighted by atomic mass is 16.4. The molecule has 0 radical (unpaired) electrons. The molecule has 24 heavy (non-hydrogen) atoms. The Morgan fingerprint density at radius 1 is 1.08 bits per heavy atom. The molecule has 1 atom stereocenters. The van der Waals surface area contributed by atoms with Gasteiger partial charge in [-0.15, -0.1) is 0 Å². The summed E-state index contributed by atoms with van der Waals surface area (Å²) in [4.78, 5) is 30.0. The average molecular weight is 341 g/mol. The van der Waals surface area contributed by atoms with Crippen LogP contribution >= 0.6 is 0 Å². The van der Waals surface area contributed by atoms with Crippen LogP contribution in [0, 0.1) is 0 Å². The van der Waals surface area contributed by atoms with E-state index < -0.39 is 5.97 Å². The maximum absolute atomic E-state index is 12.8. The zero-order chi connectivity index (χ0) is 18.4. The summed E-state index contributed by atoms with van der Waals surface area (Å²) in [6, 6.07) is 0.577. The number of piperidine rings is 1. The summed E-state index contributed by atoms with van der Waals surface area (Å²) in [5.74, 6) is -0.580. The van der Waals surface area contributed by atoms with Crippen molar-refractivity contribution in [2.75, 3.05) is 26.2 Å². The predicted molar refractivity (Wildman–Crippen MR) is 96.1 cm³/mol. The zero-order valence-electron chi connectivity index (χ0n) is 16.2. The fourth-order valence-electron chi connectivity index (χ4n) is 3.79. The first-order valence-electron chi connectivity index (χ1n) is 9.21. The quantitative estimate of drug-likeness (QED) is 0.730. The summed E-state index contributed by atoms with van der Waals surface area (Å²) in [7, 11) is 0. The summed E-state index contributed by atoms with van der Waals surface area (Å²) in [6.07, 6.45) is 1.84. The summed E-state index contributed by atoms with van der Waals surface area (Å²) < 4.78 is 0. The number of carboxylic acids is 1. The Morgan fingerprint density at radius 3 is 1.96 bits per heavy atom. The van der Waals surface area contributed by atoms with Crippen molar-refractivity contribution < 1.29 is 14.7 Å². The second-order valence-corrected chi connectivity index (χ2v) is 7.33. The van der Waals surface area contributed by atoms with E-state index in [1.807, 2.05) is 23.6 Å². The van der Waals surface area contributed by atoms with Crippen molar-refractivity contribution in [2.45, 2.75) is 78.6 Å². The molecule has 1 rings (SSSR count). The van der Waals surface area contributed by atoms with E-state index in [4.69, 9.17) is 5.11 Å². The van der Waals surface area contributed by atoms with Gasteiger partial charge in [0.2, 0.25) is 5.91 Å². The van der Waals surface area contributed by atoms with Gasteiger partial charge in [-0.25, -0.2) is 0 Å². The first kappa shape index (κ1) is 20.9. The highest BCUT2D eigenvalue weighted by Gasteiger charge is 2.32. The van der Waals surface area contributed by atoms with Crippen molar-refractivity contribution in [1.29, 1.82) is 0 Å². The zero-order valence-corrected chi connectivity index (χ0v) is 16.2. The summed E-state index contributed by atoms with van der Waals surface area (Å²) in [5, 5.41) is 9.02. The van der Waals surface area contributed by atoms with Crippen molar-refractivity contribution in [3.63, 3.8) is 0 Å². The van der Waals surface area contributed by atoms with Crippen LogP contribution in [0.25, 0.3) is 0 Å². The molecule has 0 aliphatic carbocycles. The average Bonchev–Trinajstić information content (AvgIpc) is 2.51. The van der Waals surface area contributed by atoms with Crippen LogP contribution in [0.3, 0.4) is 0 Å². The lowest BCUT2D eigenvalue weighted by molar-refractivity contribution is -0.140. The van der Waals surface area contributed by atoms with E-state index in [1.165, 1.54) is 0 Å². The minimum Gasteiger partial charge on any atom is -0.480 e. The third-order valence-electron chi connectivity index (χ3n) is 5.03. The molecule has 0 spiro atoms. The number of likely N-dealkylation sites (tertiary alicyclic amines) is 1. The van der Waals surface area contributed by atoms with Gasteiger partial charge in [0.1, 0.15) is 0 Å². The number of aliphatic carboxylic acids is 1. The number of hydrogen-bond donors (Lipinski definition) is 1. The Bertz CT molecular complexity index is 410. The second kappa shape index (κ2) is 9.37. The van der Waals surface area contributed by atoms with E-state index in [0.717, 1.165) is 32.5 Å². The molecule has 1 aliphatic rings. The molecule has 1 amide bonds. The van der Waals surface area contributed by atoms with Crippen LogP contribution in [0.15, 0.2) is 0 Å². The van der Waals surface area contributed by atoms with Gasteiger partial charge < -0.3 is 10.0 Å². The first-order chi connectivity index (χ1) is 11.2. The highest BCUT2D eigenvalue weighted by Crippen LogP contribution is 2.20. The van der Waals surface area contributed by atoms with Crippen LogP contribution in [0.4, 0.5) is 0 Å². The fraction of sp³-hybridized carbons (Fsp3) is 0.889. The van der Waals surface area contributed by atoms with E-state index in [1.54, 1.807) is 0 Å². The Labute approximate surface area is 146 Å². The SMILES string of the molecule is CCN(CC(=O)O)C1CCN(C(C)C(=O)N(C(C)C)C(C)C)CC1. The Kier molecular flexibility index (Phi) is 8.16. The van der Waals surface area contributed by atoms with Crippen molar-refractivity contribution in [2.24, 2.45) is 0 Å². The molecule has 0 aromatic heterocycles.